The normalized spacial score (nSPS) is 12.1. The molecule has 27 heavy (non-hydrogen) atoms. The van der Waals surface area contributed by atoms with Gasteiger partial charge in [-0.15, -0.1) is 0 Å². The largest absolute Gasteiger partial charge is 0.453 e. The van der Waals surface area contributed by atoms with E-state index in [0.29, 0.717) is 0 Å². The van der Waals surface area contributed by atoms with Crippen molar-refractivity contribution in [2.75, 3.05) is 4.90 Å². The molecule has 0 aliphatic carbocycles. The van der Waals surface area contributed by atoms with Crippen LogP contribution in [0.2, 0.25) is 0 Å². The SMILES string of the molecule is Cc1ccc(-c2ccc3c(c2)Oc2ccccc2N3c2ccccc2)cc1. The second-order valence-electron chi connectivity index (χ2n) is 6.79. The standard InChI is InChI=1S/C25H19NO/c1-18-11-13-19(14-12-18)20-15-16-23-25(17-20)27-24-10-6-5-9-22(24)26(23)21-7-3-2-4-8-21/h2-17H,1H3. The Hall–Kier alpha value is -3.52. The van der Waals surface area contributed by atoms with E-state index in [1.807, 2.05) is 24.3 Å². The topological polar surface area (TPSA) is 12.5 Å². The molecule has 0 radical (unpaired) electrons. The first kappa shape index (κ1) is 15.7. The molecule has 130 valence electrons. The Morgan fingerprint density at radius 2 is 1.26 bits per heavy atom. The predicted molar refractivity (Wildman–Crippen MR) is 111 cm³/mol. The van der Waals surface area contributed by atoms with Crippen molar-refractivity contribution in [3.05, 3.63) is 103 Å². The minimum Gasteiger partial charge on any atom is -0.453 e. The number of hydrogen-bond acceptors (Lipinski definition) is 2. The van der Waals surface area contributed by atoms with Gasteiger partial charge in [0, 0.05) is 5.69 Å². The molecule has 1 aliphatic rings. The van der Waals surface area contributed by atoms with Gasteiger partial charge in [-0.1, -0.05) is 66.2 Å². The first-order valence-electron chi connectivity index (χ1n) is 9.13. The summed E-state index contributed by atoms with van der Waals surface area (Å²) >= 11 is 0. The maximum Gasteiger partial charge on any atom is 0.152 e. The molecule has 4 aromatic carbocycles. The van der Waals surface area contributed by atoms with Gasteiger partial charge in [0.15, 0.2) is 11.5 Å². The molecule has 5 rings (SSSR count). The molecule has 0 saturated carbocycles. The van der Waals surface area contributed by atoms with Crippen LogP contribution < -0.4 is 9.64 Å². The summed E-state index contributed by atoms with van der Waals surface area (Å²) in [6.07, 6.45) is 0. The molecule has 0 bridgehead atoms. The predicted octanol–water partition coefficient (Wildman–Crippen LogP) is 7.24. The van der Waals surface area contributed by atoms with E-state index in [1.54, 1.807) is 0 Å². The van der Waals surface area contributed by atoms with Crippen molar-refractivity contribution in [2.24, 2.45) is 0 Å². The number of nitrogens with zero attached hydrogens (tertiary/aromatic N) is 1. The second kappa shape index (κ2) is 6.33. The van der Waals surface area contributed by atoms with Crippen molar-refractivity contribution in [1.82, 2.24) is 0 Å². The van der Waals surface area contributed by atoms with Crippen LogP contribution in [0.15, 0.2) is 97.1 Å². The van der Waals surface area contributed by atoms with E-state index in [2.05, 4.69) is 84.6 Å². The fourth-order valence-electron chi connectivity index (χ4n) is 3.54. The zero-order chi connectivity index (χ0) is 18.2. The summed E-state index contributed by atoms with van der Waals surface area (Å²) in [4.78, 5) is 2.26. The molecule has 0 aromatic heterocycles. The highest BCUT2D eigenvalue weighted by atomic mass is 16.5. The molecule has 1 aliphatic heterocycles. The molecule has 0 N–H and O–H groups in total. The number of anilines is 3. The molecule has 0 atom stereocenters. The Bertz CT molecular complexity index is 1100. The maximum absolute atomic E-state index is 6.27. The monoisotopic (exact) mass is 349 g/mol. The van der Waals surface area contributed by atoms with Gasteiger partial charge in [-0.25, -0.2) is 0 Å². The van der Waals surface area contributed by atoms with Gasteiger partial charge in [0.05, 0.1) is 11.4 Å². The van der Waals surface area contributed by atoms with E-state index < -0.39 is 0 Å². The number of ether oxygens (including phenoxy) is 1. The summed E-state index contributed by atoms with van der Waals surface area (Å²) in [5, 5.41) is 0. The van der Waals surface area contributed by atoms with Crippen LogP contribution >= 0.6 is 0 Å². The summed E-state index contributed by atoms with van der Waals surface area (Å²) in [6.45, 7) is 2.11. The summed E-state index contributed by atoms with van der Waals surface area (Å²) in [7, 11) is 0. The Kier molecular flexibility index (Phi) is 3.68. The van der Waals surface area contributed by atoms with Crippen LogP contribution in [0.25, 0.3) is 11.1 Å². The van der Waals surface area contributed by atoms with Crippen molar-refractivity contribution >= 4 is 17.1 Å². The summed E-state index contributed by atoms with van der Waals surface area (Å²) in [5.74, 6) is 1.74. The Morgan fingerprint density at radius 1 is 0.593 bits per heavy atom. The molecule has 2 heteroatoms. The smallest absolute Gasteiger partial charge is 0.152 e. The molecular formula is C25H19NO. The lowest BCUT2D eigenvalue weighted by molar-refractivity contribution is 0.477. The van der Waals surface area contributed by atoms with Gasteiger partial charge in [0.2, 0.25) is 0 Å². The highest BCUT2D eigenvalue weighted by Gasteiger charge is 2.25. The first-order chi connectivity index (χ1) is 13.3. The van der Waals surface area contributed by atoms with Gasteiger partial charge in [-0.05, 0) is 54.4 Å². The lowest BCUT2D eigenvalue weighted by Crippen LogP contribution is -2.15. The minimum absolute atomic E-state index is 0.870. The molecule has 0 amide bonds. The number of rotatable bonds is 2. The van der Waals surface area contributed by atoms with Crippen LogP contribution in [0.5, 0.6) is 11.5 Å². The van der Waals surface area contributed by atoms with E-state index in [1.165, 1.54) is 11.1 Å². The van der Waals surface area contributed by atoms with E-state index >= 15 is 0 Å². The van der Waals surface area contributed by atoms with E-state index in [9.17, 15) is 0 Å². The van der Waals surface area contributed by atoms with Crippen LogP contribution in [-0.4, -0.2) is 0 Å². The summed E-state index contributed by atoms with van der Waals surface area (Å²) < 4.78 is 6.27. The van der Waals surface area contributed by atoms with Gasteiger partial charge < -0.3 is 9.64 Å². The zero-order valence-electron chi connectivity index (χ0n) is 15.1. The van der Waals surface area contributed by atoms with Crippen LogP contribution in [0.4, 0.5) is 17.1 Å². The molecule has 4 aromatic rings. The molecular weight excluding hydrogens is 330 g/mol. The van der Waals surface area contributed by atoms with Crippen LogP contribution in [0.3, 0.4) is 0 Å². The van der Waals surface area contributed by atoms with Crippen molar-refractivity contribution < 1.29 is 4.74 Å². The lowest BCUT2D eigenvalue weighted by Gasteiger charge is -2.33. The zero-order valence-corrected chi connectivity index (χ0v) is 15.1. The fourth-order valence-corrected chi connectivity index (χ4v) is 3.54. The summed E-state index contributed by atoms with van der Waals surface area (Å²) in [6, 6.07) is 33.6. The highest BCUT2D eigenvalue weighted by molar-refractivity contribution is 5.87. The van der Waals surface area contributed by atoms with Gasteiger partial charge in [-0.2, -0.15) is 0 Å². The third kappa shape index (κ3) is 2.76. The number of benzene rings is 4. The van der Waals surface area contributed by atoms with Gasteiger partial charge in [-0.3, -0.25) is 0 Å². The van der Waals surface area contributed by atoms with E-state index in [-0.39, 0.29) is 0 Å². The first-order valence-corrected chi connectivity index (χ1v) is 9.13. The molecule has 0 fully saturated rings. The Morgan fingerprint density at radius 3 is 2.07 bits per heavy atom. The minimum atomic E-state index is 0.870. The quantitative estimate of drug-likeness (QED) is 0.333. The number of hydrogen-bond donors (Lipinski definition) is 0. The van der Waals surface area contributed by atoms with Crippen molar-refractivity contribution in [3.8, 4) is 22.6 Å². The van der Waals surface area contributed by atoms with Crippen LogP contribution in [-0.2, 0) is 0 Å². The average molecular weight is 349 g/mol. The molecule has 2 nitrogen and oxygen atoms in total. The molecule has 1 heterocycles. The van der Waals surface area contributed by atoms with Gasteiger partial charge >= 0.3 is 0 Å². The lowest BCUT2D eigenvalue weighted by atomic mass is 10.0. The highest BCUT2D eigenvalue weighted by Crippen LogP contribution is 2.50. The number of fused-ring (bicyclic) bond motifs is 2. The third-order valence-corrected chi connectivity index (χ3v) is 4.93. The molecule has 0 spiro atoms. The van der Waals surface area contributed by atoms with Crippen molar-refractivity contribution in [1.29, 1.82) is 0 Å². The van der Waals surface area contributed by atoms with Crippen molar-refractivity contribution in [3.63, 3.8) is 0 Å². The van der Waals surface area contributed by atoms with Crippen LogP contribution in [0, 0.1) is 6.92 Å². The van der Waals surface area contributed by atoms with Gasteiger partial charge in [0.25, 0.3) is 0 Å². The number of para-hydroxylation sites is 3. The van der Waals surface area contributed by atoms with Gasteiger partial charge in [0.1, 0.15) is 0 Å². The summed E-state index contributed by atoms with van der Waals surface area (Å²) in [5.41, 5.74) is 6.84. The maximum atomic E-state index is 6.27. The Balaban J connectivity index is 1.66. The molecule has 0 saturated heterocycles. The van der Waals surface area contributed by atoms with E-state index in [0.717, 1.165) is 34.1 Å². The van der Waals surface area contributed by atoms with Crippen molar-refractivity contribution in [2.45, 2.75) is 6.92 Å². The van der Waals surface area contributed by atoms with E-state index in [4.69, 9.17) is 4.74 Å². The second-order valence-corrected chi connectivity index (χ2v) is 6.79. The third-order valence-electron chi connectivity index (χ3n) is 4.93. The fraction of sp³-hybridized carbons (Fsp3) is 0.0400. The van der Waals surface area contributed by atoms with Crippen LogP contribution in [0.1, 0.15) is 5.56 Å². The molecule has 0 unspecified atom stereocenters. The number of aryl methyl sites for hydroxylation is 1. The average Bonchev–Trinajstić information content (AvgIpc) is 2.73. The Labute approximate surface area is 159 Å².